The second-order valence-corrected chi connectivity index (χ2v) is 5.58. The molecule has 1 heteroatoms. The van der Waals surface area contributed by atoms with Gasteiger partial charge in [0.15, 0.2) is 0 Å². The van der Waals surface area contributed by atoms with Crippen molar-refractivity contribution in [2.45, 2.75) is 32.2 Å². The zero-order valence-corrected chi connectivity index (χ0v) is 10.9. The van der Waals surface area contributed by atoms with E-state index >= 15 is 0 Å². The number of rotatable bonds is 0. The molecule has 0 heterocycles. The lowest BCUT2D eigenvalue weighted by atomic mass is 9.99. The second kappa shape index (κ2) is 3.86. The summed E-state index contributed by atoms with van der Waals surface area (Å²) in [5, 5.41) is 2.69. The molecule has 0 amide bonds. The molecule has 1 aliphatic carbocycles. The Morgan fingerprint density at radius 2 is 1.78 bits per heavy atom. The minimum Gasteiger partial charge on any atom is -0.316 e. The molecule has 0 saturated carbocycles. The van der Waals surface area contributed by atoms with Crippen LogP contribution in [0, 0.1) is 11.8 Å². The lowest BCUT2D eigenvalue weighted by Gasteiger charge is -2.08. The van der Waals surface area contributed by atoms with Gasteiger partial charge in [-0.3, -0.25) is 0 Å². The van der Waals surface area contributed by atoms with Crippen LogP contribution in [0.25, 0.3) is 10.8 Å². The van der Waals surface area contributed by atoms with Crippen molar-refractivity contribution in [2.24, 2.45) is 5.73 Å². The van der Waals surface area contributed by atoms with Gasteiger partial charge in [-0.15, -0.1) is 0 Å². The largest absolute Gasteiger partial charge is 0.316 e. The molecule has 0 bridgehead atoms. The van der Waals surface area contributed by atoms with E-state index in [2.05, 4.69) is 42.2 Å². The Labute approximate surface area is 108 Å². The average molecular weight is 235 g/mol. The Bertz CT molecular complexity index is 668. The molecule has 0 spiro atoms. The second-order valence-electron chi connectivity index (χ2n) is 5.58. The van der Waals surface area contributed by atoms with Crippen LogP contribution in [0.5, 0.6) is 0 Å². The zero-order chi connectivity index (χ0) is 12.8. The molecule has 2 aromatic rings. The van der Waals surface area contributed by atoms with Crippen LogP contribution < -0.4 is 5.73 Å². The summed E-state index contributed by atoms with van der Waals surface area (Å²) in [5.74, 6) is 6.35. The molecule has 1 aliphatic rings. The number of aryl methyl sites for hydroxylation is 2. The highest BCUT2D eigenvalue weighted by Crippen LogP contribution is 2.32. The Kier molecular flexibility index (Phi) is 2.43. The Morgan fingerprint density at radius 1 is 1.06 bits per heavy atom. The van der Waals surface area contributed by atoms with Crippen LogP contribution in [0.2, 0.25) is 0 Å². The maximum Gasteiger partial charge on any atom is 0.0722 e. The van der Waals surface area contributed by atoms with E-state index in [1.165, 1.54) is 21.9 Å². The summed E-state index contributed by atoms with van der Waals surface area (Å²) < 4.78 is 0. The van der Waals surface area contributed by atoms with Crippen LogP contribution in [-0.4, -0.2) is 5.54 Å². The Hall–Kier alpha value is -1.78. The predicted molar refractivity (Wildman–Crippen MR) is 76.5 cm³/mol. The third-order valence-electron chi connectivity index (χ3n) is 3.40. The summed E-state index contributed by atoms with van der Waals surface area (Å²) in [4.78, 5) is 0. The molecule has 18 heavy (non-hydrogen) atoms. The molecular weight excluding hydrogens is 218 g/mol. The van der Waals surface area contributed by atoms with Gasteiger partial charge in [0, 0.05) is 5.56 Å². The van der Waals surface area contributed by atoms with Gasteiger partial charge in [0.05, 0.1) is 5.54 Å². The van der Waals surface area contributed by atoms with Gasteiger partial charge in [-0.25, -0.2) is 0 Å². The zero-order valence-electron chi connectivity index (χ0n) is 10.9. The molecular formula is C17H17N. The predicted octanol–water partition coefficient (Wildman–Crippen LogP) is 3.03. The highest BCUT2D eigenvalue weighted by atomic mass is 14.7. The Balaban J connectivity index is 2.23. The highest BCUT2D eigenvalue weighted by molar-refractivity contribution is 5.95. The van der Waals surface area contributed by atoms with E-state index in [0.717, 1.165) is 18.4 Å². The van der Waals surface area contributed by atoms with Crippen molar-refractivity contribution in [3.05, 3.63) is 47.0 Å². The quantitative estimate of drug-likeness (QED) is 0.698. The monoisotopic (exact) mass is 235 g/mol. The topological polar surface area (TPSA) is 26.0 Å². The molecule has 90 valence electrons. The van der Waals surface area contributed by atoms with E-state index < -0.39 is 5.54 Å². The number of hydrogen-bond donors (Lipinski definition) is 1. The van der Waals surface area contributed by atoms with Crippen LogP contribution in [0.15, 0.2) is 30.3 Å². The number of hydrogen-bond acceptors (Lipinski definition) is 1. The van der Waals surface area contributed by atoms with Crippen LogP contribution in [0.3, 0.4) is 0 Å². The maximum absolute atomic E-state index is 5.93. The summed E-state index contributed by atoms with van der Waals surface area (Å²) in [6.45, 7) is 3.86. The van der Waals surface area contributed by atoms with Crippen LogP contribution in [0.4, 0.5) is 0 Å². The van der Waals surface area contributed by atoms with Gasteiger partial charge in [0.25, 0.3) is 0 Å². The lowest BCUT2D eigenvalue weighted by molar-refractivity contribution is 0.680. The fourth-order valence-corrected chi connectivity index (χ4v) is 2.58. The van der Waals surface area contributed by atoms with Crippen molar-refractivity contribution in [3.8, 4) is 11.8 Å². The standard InChI is InChI=1S/C17H17N/c1-17(2,18)11-10-12-6-7-14-9-8-13-4-3-5-15(12)16(13)14/h3-7H,8-9,18H2,1-2H3. The van der Waals surface area contributed by atoms with Crippen LogP contribution in [-0.2, 0) is 12.8 Å². The van der Waals surface area contributed by atoms with E-state index in [4.69, 9.17) is 5.73 Å². The summed E-state index contributed by atoms with van der Waals surface area (Å²) in [7, 11) is 0. The summed E-state index contributed by atoms with van der Waals surface area (Å²) >= 11 is 0. The van der Waals surface area contributed by atoms with E-state index in [0.29, 0.717) is 0 Å². The van der Waals surface area contributed by atoms with Gasteiger partial charge in [0.2, 0.25) is 0 Å². The molecule has 3 rings (SSSR count). The van der Waals surface area contributed by atoms with Crippen molar-refractivity contribution < 1.29 is 0 Å². The van der Waals surface area contributed by atoms with Crippen molar-refractivity contribution >= 4 is 10.8 Å². The van der Waals surface area contributed by atoms with E-state index in [9.17, 15) is 0 Å². The molecule has 2 aromatic carbocycles. The smallest absolute Gasteiger partial charge is 0.0722 e. The summed E-state index contributed by atoms with van der Waals surface area (Å²) in [5.41, 5.74) is 9.49. The van der Waals surface area contributed by atoms with Crippen molar-refractivity contribution in [1.29, 1.82) is 0 Å². The van der Waals surface area contributed by atoms with Crippen molar-refractivity contribution in [2.75, 3.05) is 0 Å². The SMILES string of the molecule is CC(C)(N)C#Cc1ccc2c3c(cccc13)CC2. The van der Waals surface area contributed by atoms with Gasteiger partial charge in [-0.05, 0) is 54.7 Å². The molecule has 2 N–H and O–H groups in total. The van der Waals surface area contributed by atoms with Gasteiger partial charge in [-0.2, -0.15) is 0 Å². The lowest BCUT2D eigenvalue weighted by Crippen LogP contribution is -2.29. The van der Waals surface area contributed by atoms with Crippen molar-refractivity contribution in [1.82, 2.24) is 0 Å². The molecule has 0 fully saturated rings. The molecule has 0 radical (unpaired) electrons. The minimum absolute atomic E-state index is 0.442. The van der Waals surface area contributed by atoms with Gasteiger partial charge >= 0.3 is 0 Å². The number of benzene rings is 2. The first-order valence-electron chi connectivity index (χ1n) is 6.40. The summed E-state index contributed by atoms with van der Waals surface area (Å²) in [6.07, 6.45) is 2.32. The molecule has 1 nitrogen and oxygen atoms in total. The first kappa shape index (κ1) is 11.3. The maximum atomic E-state index is 5.93. The van der Waals surface area contributed by atoms with E-state index in [1.807, 2.05) is 13.8 Å². The van der Waals surface area contributed by atoms with Crippen molar-refractivity contribution in [3.63, 3.8) is 0 Å². The molecule has 0 aromatic heterocycles. The molecule has 0 unspecified atom stereocenters. The van der Waals surface area contributed by atoms with Crippen LogP contribution in [0.1, 0.15) is 30.5 Å². The van der Waals surface area contributed by atoms with E-state index in [-0.39, 0.29) is 0 Å². The first-order valence-corrected chi connectivity index (χ1v) is 6.40. The first-order chi connectivity index (χ1) is 8.54. The summed E-state index contributed by atoms with van der Waals surface area (Å²) in [6, 6.07) is 10.9. The fraction of sp³-hybridized carbons (Fsp3) is 0.294. The van der Waals surface area contributed by atoms with Gasteiger partial charge in [0.1, 0.15) is 0 Å². The van der Waals surface area contributed by atoms with Crippen LogP contribution >= 0.6 is 0 Å². The van der Waals surface area contributed by atoms with E-state index in [1.54, 1.807) is 0 Å². The third kappa shape index (κ3) is 1.89. The normalized spacial score (nSPS) is 13.5. The average Bonchev–Trinajstić information content (AvgIpc) is 2.73. The number of nitrogens with two attached hydrogens (primary N) is 1. The Morgan fingerprint density at radius 3 is 2.50 bits per heavy atom. The van der Waals surface area contributed by atoms with Gasteiger partial charge in [-0.1, -0.05) is 36.1 Å². The fourth-order valence-electron chi connectivity index (χ4n) is 2.58. The molecule has 0 saturated heterocycles. The minimum atomic E-state index is -0.442. The molecule has 0 atom stereocenters. The highest BCUT2D eigenvalue weighted by Gasteiger charge is 2.15. The third-order valence-corrected chi connectivity index (χ3v) is 3.40. The van der Waals surface area contributed by atoms with Gasteiger partial charge < -0.3 is 5.73 Å². The molecule has 0 aliphatic heterocycles.